The van der Waals surface area contributed by atoms with Gasteiger partial charge in [-0.05, 0) is 18.9 Å². The van der Waals surface area contributed by atoms with E-state index < -0.39 is 0 Å². The minimum Gasteiger partial charge on any atom is -0.386 e. The van der Waals surface area contributed by atoms with Crippen molar-refractivity contribution in [1.82, 2.24) is 10.0 Å². The number of hydrogen-bond acceptors (Lipinski definition) is 3. The highest BCUT2D eigenvalue weighted by Gasteiger charge is 2.11. The van der Waals surface area contributed by atoms with E-state index in [4.69, 9.17) is 4.84 Å². The molecule has 1 aromatic heterocycles. The minimum absolute atomic E-state index is 0.699. The molecule has 0 N–H and O–H groups in total. The number of hydrogen-bond donors (Lipinski definition) is 0. The standard InChI is InChI=1S/C10H14N2O/c1-4-8-12(9-5-1)13-10-6-2-3-7-11-10/h2-3,6-7H,1,4-5,8-9H2. The highest BCUT2D eigenvalue weighted by atomic mass is 16.7. The van der Waals surface area contributed by atoms with Crippen LogP contribution in [-0.2, 0) is 0 Å². The van der Waals surface area contributed by atoms with Crippen LogP contribution in [0.15, 0.2) is 24.4 Å². The maximum absolute atomic E-state index is 5.58. The van der Waals surface area contributed by atoms with Gasteiger partial charge in [0.25, 0.3) is 0 Å². The average Bonchev–Trinajstić information content (AvgIpc) is 2.21. The lowest BCUT2D eigenvalue weighted by atomic mass is 10.2. The molecule has 0 aromatic carbocycles. The van der Waals surface area contributed by atoms with Crippen LogP contribution in [-0.4, -0.2) is 23.1 Å². The Kier molecular flexibility index (Phi) is 2.77. The van der Waals surface area contributed by atoms with Gasteiger partial charge in [-0.2, -0.15) is 0 Å². The maximum Gasteiger partial charge on any atom is 0.238 e. The molecule has 0 radical (unpaired) electrons. The predicted octanol–water partition coefficient (Wildman–Crippen LogP) is 1.86. The summed E-state index contributed by atoms with van der Waals surface area (Å²) < 4.78 is 0. The van der Waals surface area contributed by atoms with E-state index in [0.717, 1.165) is 13.1 Å². The van der Waals surface area contributed by atoms with Crippen LogP contribution >= 0.6 is 0 Å². The Morgan fingerprint density at radius 3 is 2.69 bits per heavy atom. The van der Waals surface area contributed by atoms with E-state index >= 15 is 0 Å². The predicted molar refractivity (Wildman–Crippen MR) is 50.3 cm³/mol. The zero-order valence-corrected chi connectivity index (χ0v) is 7.65. The second-order valence-corrected chi connectivity index (χ2v) is 3.25. The Bertz CT molecular complexity index is 244. The van der Waals surface area contributed by atoms with E-state index in [0.29, 0.717) is 5.88 Å². The molecule has 13 heavy (non-hydrogen) atoms. The van der Waals surface area contributed by atoms with E-state index in [1.807, 2.05) is 23.3 Å². The van der Waals surface area contributed by atoms with Crippen molar-refractivity contribution in [3.05, 3.63) is 24.4 Å². The van der Waals surface area contributed by atoms with E-state index in [1.54, 1.807) is 6.20 Å². The van der Waals surface area contributed by atoms with Gasteiger partial charge in [0.15, 0.2) is 0 Å². The first kappa shape index (κ1) is 8.51. The van der Waals surface area contributed by atoms with Crippen molar-refractivity contribution < 1.29 is 4.84 Å². The summed E-state index contributed by atoms with van der Waals surface area (Å²) in [6.45, 7) is 2.05. The fraction of sp³-hybridized carbons (Fsp3) is 0.500. The number of aromatic nitrogens is 1. The molecule has 0 saturated carbocycles. The summed E-state index contributed by atoms with van der Waals surface area (Å²) >= 11 is 0. The van der Waals surface area contributed by atoms with E-state index in [9.17, 15) is 0 Å². The van der Waals surface area contributed by atoms with Crippen molar-refractivity contribution in [2.45, 2.75) is 19.3 Å². The molecule has 3 nitrogen and oxygen atoms in total. The first-order valence-corrected chi connectivity index (χ1v) is 4.79. The van der Waals surface area contributed by atoms with Gasteiger partial charge < -0.3 is 4.84 Å². The fourth-order valence-electron chi connectivity index (χ4n) is 1.49. The van der Waals surface area contributed by atoms with E-state index in [1.165, 1.54) is 19.3 Å². The van der Waals surface area contributed by atoms with Crippen LogP contribution in [0, 0.1) is 0 Å². The Hall–Kier alpha value is -1.09. The molecule has 1 aromatic rings. The van der Waals surface area contributed by atoms with Crippen molar-refractivity contribution >= 4 is 0 Å². The summed E-state index contributed by atoms with van der Waals surface area (Å²) in [4.78, 5) is 9.69. The van der Waals surface area contributed by atoms with Gasteiger partial charge in [-0.3, -0.25) is 0 Å². The summed E-state index contributed by atoms with van der Waals surface area (Å²) in [5, 5.41) is 1.99. The monoisotopic (exact) mass is 178 g/mol. The van der Waals surface area contributed by atoms with Gasteiger partial charge in [0, 0.05) is 25.4 Å². The van der Waals surface area contributed by atoms with Gasteiger partial charge in [0.05, 0.1) is 0 Å². The lowest BCUT2D eigenvalue weighted by molar-refractivity contribution is -0.0757. The molecule has 1 aliphatic rings. The third-order valence-corrected chi connectivity index (χ3v) is 2.18. The van der Waals surface area contributed by atoms with Crippen LogP contribution in [0.2, 0.25) is 0 Å². The van der Waals surface area contributed by atoms with Crippen LogP contribution in [0.25, 0.3) is 0 Å². The Morgan fingerprint density at radius 2 is 2.00 bits per heavy atom. The molecule has 1 aliphatic heterocycles. The van der Waals surface area contributed by atoms with Crippen molar-refractivity contribution in [1.29, 1.82) is 0 Å². The lowest BCUT2D eigenvalue weighted by Gasteiger charge is -2.25. The molecule has 0 aliphatic carbocycles. The fourth-order valence-corrected chi connectivity index (χ4v) is 1.49. The second-order valence-electron chi connectivity index (χ2n) is 3.25. The average molecular weight is 178 g/mol. The van der Waals surface area contributed by atoms with Gasteiger partial charge in [0.1, 0.15) is 0 Å². The summed E-state index contributed by atoms with van der Waals surface area (Å²) in [6.07, 6.45) is 5.53. The highest BCUT2D eigenvalue weighted by Crippen LogP contribution is 2.12. The molecule has 3 heteroatoms. The molecule has 0 amide bonds. The van der Waals surface area contributed by atoms with E-state index in [2.05, 4.69) is 4.98 Å². The normalized spacial score (nSPS) is 18.5. The SMILES string of the molecule is c1ccc(ON2CCCCC2)nc1. The topological polar surface area (TPSA) is 25.4 Å². The molecule has 0 bridgehead atoms. The maximum atomic E-state index is 5.58. The van der Waals surface area contributed by atoms with Gasteiger partial charge in [-0.15, -0.1) is 5.06 Å². The second kappa shape index (κ2) is 4.23. The molecule has 2 rings (SSSR count). The molecule has 0 atom stereocenters. The third-order valence-electron chi connectivity index (χ3n) is 2.18. The zero-order valence-electron chi connectivity index (χ0n) is 7.65. The largest absolute Gasteiger partial charge is 0.386 e. The van der Waals surface area contributed by atoms with Crippen molar-refractivity contribution in [3.63, 3.8) is 0 Å². The highest BCUT2D eigenvalue weighted by molar-refractivity contribution is 5.08. The first-order valence-electron chi connectivity index (χ1n) is 4.79. The molecular formula is C10H14N2O. The minimum atomic E-state index is 0.699. The molecule has 70 valence electrons. The van der Waals surface area contributed by atoms with Gasteiger partial charge in [0.2, 0.25) is 5.88 Å². The summed E-state index contributed by atoms with van der Waals surface area (Å²) in [5.74, 6) is 0.699. The number of piperidine rings is 1. The first-order chi connectivity index (χ1) is 6.45. The molecular weight excluding hydrogens is 164 g/mol. The van der Waals surface area contributed by atoms with Gasteiger partial charge in [-0.25, -0.2) is 4.98 Å². The van der Waals surface area contributed by atoms with Crippen molar-refractivity contribution in [2.75, 3.05) is 13.1 Å². The smallest absolute Gasteiger partial charge is 0.238 e. The number of hydroxylamine groups is 2. The Labute approximate surface area is 78.3 Å². The van der Waals surface area contributed by atoms with Crippen molar-refractivity contribution in [2.24, 2.45) is 0 Å². The zero-order chi connectivity index (χ0) is 8.93. The van der Waals surface area contributed by atoms with Crippen LogP contribution in [0.4, 0.5) is 0 Å². The van der Waals surface area contributed by atoms with Gasteiger partial charge >= 0.3 is 0 Å². The summed E-state index contributed by atoms with van der Waals surface area (Å²) in [7, 11) is 0. The molecule has 0 spiro atoms. The molecule has 1 fully saturated rings. The molecule has 1 saturated heterocycles. The summed E-state index contributed by atoms with van der Waals surface area (Å²) in [6, 6.07) is 5.71. The van der Waals surface area contributed by atoms with Crippen LogP contribution < -0.4 is 4.84 Å². The Morgan fingerprint density at radius 1 is 1.15 bits per heavy atom. The molecule has 2 heterocycles. The van der Waals surface area contributed by atoms with Gasteiger partial charge in [-0.1, -0.05) is 12.5 Å². The quantitative estimate of drug-likeness (QED) is 0.691. The van der Waals surface area contributed by atoms with Crippen LogP contribution in [0.3, 0.4) is 0 Å². The number of nitrogens with zero attached hydrogens (tertiary/aromatic N) is 2. The summed E-state index contributed by atoms with van der Waals surface area (Å²) in [5.41, 5.74) is 0. The number of rotatable bonds is 2. The molecule has 0 unspecified atom stereocenters. The number of pyridine rings is 1. The van der Waals surface area contributed by atoms with Crippen molar-refractivity contribution in [3.8, 4) is 5.88 Å². The third kappa shape index (κ3) is 2.42. The lowest BCUT2D eigenvalue weighted by Crippen LogP contribution is -2.33. The van der Waals surface area contributed by atoms with E-state index in [-0.39, 0.29) is 0 Å². The van der Waals surface area contributed by atoms with Crippen LogP contribution in [0.5, 0.6) is 5.88 Å². The van der Waals surface area contributed by atoms with Crippen LogP contribution in [0.1, 0.15) is 19.3 Å². The Balaban J connectivity index is 1.90.